The summed E-state index contributed by atoms with van der Waals surface area (Å²) >= 11 is 11.9. The smallest absolute Gasteiger partial charge is 0.333 e. The molecule has 2 N–H and O–H groups in total. The summed E-state index contributed by atoms with van der Waals surface area (Å²) in [7, 11) is -9.34. The van der Waals surface area contributed by atoms with Crippen molar-refractivity contribution >= 4 is 50.0 Å². The monoisotopic (exact) mass is 770 g/mol. The van der Waals surface area contributed by atoms with Crippen LogP contribution in [0.4, 0.5) is 0 Å². The third kappa shape index (κ3) is 8.53. The summed E-state index contributed by atoms with van der Waals surface area (Å²) in [6, 6.07) is 0. The van der Waals surface area contributed by atoms with Gasteiger partial charge in [0.15, 0.2) is 28.5 Å². The number of aromatic nitrogens is 2. The molecule has 0 aliphatic carbocycles. The lowest BCUT2D eigenvalue weighted by atomic mass is 9.89. The highest BCUT2D eigenvalue weighted by atomic mass is 35.5. The number of aryl methyl sites for hydroxylation is 1. The van der Waals surface area contributed by atoms with E-state index in [9.17, 15) is 18.0 Å². The summed E-state index contributed by atoms with van der Waals surface area (Å²) in [6.45, 7) is 24.2. The van der Waals surface area contributed by atoms with Gasteiger partial charge >= 0.3 is 5.69 Å². The number of nitrogens with zero attached hydrogens (tertiary/aromatic N) is 3. The molecule has 12 nitrogen and oxygen atoms in total. The summed E-state index contributed by atoms with van der Waals surface area (Å²) < 4.78 is 54.8. The van der Waals surface area contributed by atoms with E-state index in [1.807, 2.05) is 13.1 Å². The van der Waals surface area contributed by atoms with Gasteiger partial charge in [-0.05, 0) is 56.2 Å². The van der Waals surface area contributed by atoms with Gasteiger partial charge in [-0.2, -0.15) is 8.42 Å². The Morgan fingerprint density at radius 1 is 1.00 bits per heavy atom. The van der Waals surface area contributed by atoms with Gasteiger partial charge in [-0.25, -0.2) is 8.98 Å². The maximum absolute atomic E-state index is 14.2. The summed E-state index contributed by atoms with van der Waals surface area (Å²) in [5.74, 6) is 0.861. The molecule has 1 aromatic rings. The van der Waals surface area contributed by atoms with Crippen LogP contribution in [0.2, 0.25) is 36.3 Å². The molecule has 0 aromatic carbocycles. The lowest BCUT2D eigenvalue weighted by Gasteiger charge is -2.43. The second-order valence-corrected chi connectivity index (χ2v) is 27.6. The highest BCUT2D eigenvalue weighted by Crippen LogP contribution is 2.52. The van der Waals surface area contributed by atoms with Crippen molar-refractivity contribution < 1.29 is 26.2 Å². The predicted molar refractivity (Wildman–Crippen MR) is 196 cm³/mol. The van der Waals surface area contributed by atoms with Crippen LogP contribution in [-0.2, 0) is 34.4 Å². The van der Waals surface area contributed by atoms with Crippen LogP contribution in [0.15, 0.2) is 26.9 Å². The van der Waals surface area contributed by atoms with Crippen molar-refractivity contribution in [2.24, 2.45) is 5.73 Å². The van der Waals surface area contributed by atoms with Gasteiger partial charge in [0.1, 0.15) is 12.2 Å². The van der Waals surface area contributed by atoms with Crippen molar-refractivity contribution in [3.8, 4) is 0 Å². The van der Waals surface area contributed by atoms with E-state index in [1.165, 1.54) is 15.3 Å². The zero-order valence-electron chi connectivity index (χ0n) is 30.4. The van der Waals surface area contributed by atoms with E-state index >= 15 is 0 Å². The molecule has 1 unspecified atom stereocenters. The standard InChI is InChI=1S/C31H56Cl2N4O8SSi2/c1-22-19-37(28(39)36(26(22)38)16-12-15-35(17-13-32)18-14-33)27-25(44-48(10,11)30(5,6)7)31(23(34)21-46(40,41)45-31)24(43-27)20-42-47(8,9)29(2,3)4/h19,21,24-25,27H,12-18,20,34H2,1-11H3/t24-,25+,27-,31?/m1/s1. The number of alkyl halides is 2. The Balaban J connectivity index is 2.20. The maximum atomic E-state index is 14.2. The zero-order valence-corrected chi connectivity index (χ0v) is 34.7. The number of halogens is 2. The van der Waals surface area contributed by atoms with E-state index in [2.05, 4.69) is 59.5 Å². The molecule has 3 heterocycles. The van der Waals surface area contributed by atoms with Gasteiger partial charge in [0, 0.05) is 43.2 Å². The van der Waals surface area contributed by atoms with Crippen LogP contribution in [-0.4, -0.2) is 94.9 Å². The third-order valence-electron chi connectivity index (χ3n) is 10.4. The van der Waals surface area contributed by atoms with E-state index in [0.717, 1.165) is 5.41 Å². The number of ether oxygens (including phenoxy) is 1. The van der Waals surface area contributed by atoms with E-state index in [-0.39, 0.29) is 28.9 Å². The summed E-state index contributed by atoms with van der Waals surface area (Å²) in [5.41, 5.74) is 3.94. The van der Waals surface area contributed by atoms with E-state index in [0.29, 0.717) is 43.4 Å². The van der Waals surface area contributed by atoms with Crippen LogP contribution < -0.4 is 17.0 Å². The molecule has 0 radical (unpaired) electrons. The molecule has 1 fully saturated rings. The van der Waals surface area contributed by atoms with Gasteiger partial charge in [-0.3, -0.25) is 13.9 Å². The van der Waals surface area contributed by atoms with Crippen molar-refractivity contribution in [3.63, 3.8) is 0 Å². The molecule has 1 spiro atoms. The van der Waals surface area contributed by atoms with Crippen molar-refractivity contribution in [2.45, 2.75) is 122 Å². The van der Waals surface area contributed by atoms with Crippen molar-refractivity contribution in [3.05, 3.63) is 43.7 Å². The number of hydrogen-bond donors (Lipinski definition) is 1. The van der Waals surface area contributed by atoms with E-state index in [1.54, 1.807) is 6.92 Å². The fourth-order valence-electron chi connectivity index (χ4n) is 5.38. The first-order valence-electron chi connectivity index (χ1n) is 16.4. The van der Waals surface area contributed by atoms with Gasteiger partial charge < -0.3 is 24.2 Å². The molecule has 0 amide bonds. The third-order valence-corrected chi connectivity index (χ3v) is 20.7. The number of rotatable bonds is 14. The highest BCUT2D eigenvalue weighted by Gasteiger charge is 2.67. The predicted octanol–water partition coefficient (Wildman–Crippen LogP) is 4.70. The topological polar surface area (TPSA) is 144 Å². The first-order valence-corrected chi connectivity index (χ1v) is 24.8. The zero-order chi connectivity index (χ0) is 36.7. The average Bonchev–Trinajstić information content (AvgIpc) is 3.36. The van der Waals surface area contributed by atoms with Gasteiger partial charge in [0.25, 0.3) is 15.7 Å². The minimum Gasteiger partial charge on any atom is -0.414 e. The molecule has 48 heavy (non-hydrogen) atoms. The lowest BCUT2D eigenvalue weighted by molar-refractivity contribution is -0.0567. The largest absolute Gasteiger partial charge is 0.414 e. The van der Waals surface area contributed by atoms with E-state index < -0.39 is 62.0 Å². The van der Waals surface area contributed by atoms with Crippen LogP contribution >= 0.6 is 23.2 Å². The van der Waals surface area contributed by atoms with Crippen molar-refractivity contribution in [1.29, 1.82) is 0 Å². The molecule has 1 saturated heterocycles. The Labute approximate surface area is 298 Å². The molecule has 0 bridgehead atoms. The molecule has 2 aliphatic rings. The van der Waals surface area contributed by atoms with Crippen molar-refractivity contribution in [2.75, 3.05) is 38.0 Å². The Kier molecular flexibility index (Phi) is 12.9. The Morgan fingerprint density at radius 2 is 1.56 bits per heavy atom. The van der Waals surface area contributed by atoms with Gasteiger partial charge in [0.05, 0.1) is 17.7 Å². The van der Waals surface area contributed by atoms with Crippen LogP contribution in [0.5, 0.6) is 0 Å². The molecule has 276 valence electrons. The molecule has 4 atom stereocenters. The SMILES string of the molecule is Cc1cn([C@@H]2O[C@H](CO[Si](C)(C)C(C)(C)C)C3(OS(=O)(=O)C=C3N)[C@H]2O[Si](C)(C)C(C)(C)C)c(=O)n(CCCN(CCCl)CCCl)c1=O. The van der Waals surface area contributed by atoms with Crippen molar-refractivity contribution in [1.82, 2.24) is 14.0 Å². The van der Waals surface area contributed by atoms with E-state index in [4.69, 9.17) is 46.7 Å². The van der Waals surface area contributed by atoms with Gasteiger partial charge in [0.2, 0.25) is 0 Å². The molecule has 17 heteroatoms. The maximum Gasteiger partial charge on any atom is 0.333 e. The summed E-state index contributed by atoms with van der Waals surface area (Å²) in [5, 5.41) is 0.413. The fraction of sp³-hybridized carbons (Fsp3) is 0.806. The van der Waals surface area contributed by atoms with Crippen LogP contribution in [0.3, 0.4) is 0 Å². The summed E-state index contributed by atoms with van der Waals surface area (Å²) in [6.07, 6.45) is -1.51. The molecular formula is C31H56Cl2N4O8SSi2. The molecule has 0 saturated carbocycles. The molecular weight excluding hydrogens is 716 g/mol. The second-order valence-electron chi connectivity index (χ2n) is 15.9. The normalized spacial score (nSPS) is 25.0. The first-order chi connectivity index (χ1) is 21.8. The molecule has 3 rings (SSSR count). The van der Waals surface area contributed by atoms with Crippen LogP contribution in [0, 0.1) is 6.92 Å². The Hall–Kier alpha value is -1.02. The first kappa shape index (κ1) is 41.4. The summed E-state index contributed by atoms with van der Waals surface area (Å²) in [4.78, 5) is 29.7. The second kappa shape index (κ2) is 14.9. The quantitative estimate of drug-likeness (QED) is 0.161. The van der Waals surface area contributed by atoms with Gasteiger partial charge in [-0.1, -0.05) is 41.5 Å². The lowest BCUT2D eigenvalue weighted by Crippen LogP contribution is -2.59. The Bertz CT molecular complexity index is 1560. The Morgan fingerprint density at radius 3 is 2.04 bits per heavy atom. The number of hydrogen-bond acceptors (Lipinski definition) is 10. The highest BCUT2D eigenvalue weighted by molar-refractivity contribution is 7.90. The fourth-order valence-corrected chi connectivity index (χ4v) is 9.36. The average molecular weight is 772 g/mol. The molecule has 1 aromatic heterocycles. The van der Waals surface area contributed by atoms with Crippen LogP contribution in [0.1, 0.15) is 59.8 Å². The minimum absolute atomic E-state index is 0.0568. The van der Waals surface area contributed by atoms with Gasteiger partial charge in [-0.15, -0.1) is 23.2 Å². The van der Waals surface area contributed by atoms with Crippen LogP contribution in [0.25, 0.3) is 0 Å². The minimum atomic E-state index is -4.24. The number of nitrogens with two attached hydrogens (primary N) is 1. The molecule has 2 aliphatic heterocycles.